The Bertz CT molecular complexity index is 736. The van der Waals surface area contributed by atoms with E-state index < -0.39 is 12.1 Å². The van der Waals surface area contributed by atoms with Crippen LogP contribution >= 0.6 is 0 Å². The predicted molar refractivity (Wildman–Crippen MR) is 98.7 cm³/mol. The standard InChI is InChI=1S/C17H26N2O4.C2HF3O2/c1-13-4-5-15(23-13)7-19-6-14-8-21-11-17(14,10-19)12-22-9-16(20)18(2)3;3-2(4,5)1(6)7/h4-5,14H,6-12H2,1-3H3;(H,6,7)/t14-,17+;/m1./s1. The van der Waals surface area contributed by atoms with Crippen molar-refractivity contribution < 1.29 is 41.8 Å². The molecule has 0 radical (unpaired) electrons. The number of nitrogens with zero attached hydrogens (tertiary/aromatic N) is 2. The number of halogens is 3. The zero-order valence-electron chi connectivity index (χ0n) is 17.2. The highest BCUT2D eigenvalue weighted by molar-refractivity contribution is 5.76. The minimum absolute atomic E-state index is 0.00206. The molecule has 2 atom stereocenters. The second-order valence-corrected chi connectivity index (χ2v) is 7.84. The van der Waals surface area contributed by atoms with Crippen molar-refractivity contribution in [3.8, 4) is 0 Å². The van der Waals surface area contributed by atoms with Crippen molar-refractivity contribution >= 4 is 11.9 Å². The summed E-state index contributed by atoms with van der Waals surface area (Å²) in [5.74, 6) is -0.344. The number of amides is 1. The third-order valence-corrected chi connectivity index (χ3v) is 5.12. The van der Waals surface area contributed by atoms with Crippen molar-refractivity contribution in [1.29, 1.82) is 0 Å². The molecule has 0 bridgehead atoms. The highest BCUT2D eigenvalue weighted by Crippen LogP contribution is 2.42. The summed E-state index contributed by atoms with van der Waals surface area (Å²) in [6.45, 7) is 6.90. The molecule has 1 amide bonds. The lowest BCUT2D eigenvalue weighted by atomic mass is 9.82. The number of likely N-dealkylation sites (tertiary alicyclic amines) is 1. The smallest absolute Gasteiger partial charge is 0.475 e. The van der Waals surface area contributed by atoms with E-state index in [1.807, 2.05) is 19.1 Å². The van der Waals surface area contributed by atoms with E-state index >= 15 is 0 Å². The molecule has 11 heteroatoms. The topological polar surface area (TPSA) is 92.5 Å². The Morgan fingerprint density at radius 3 is 2.57 bits per heavy atom. The minimum Gasteiger partial charge on any atom is -0.475 e. The van der Waals surface area contributed by atoms with Gasteiger partial charge in [0.15, 0.2) is 0 Å². The van der Waals surface area contributed by atoms with Gasteiger partial charge in [-0.1, -0.05) is 0 Å². The van der Waals surface area contributed by atoms with Crippen LogP contribution in [0.3, 0.4) is 0 Å². The molecule has 2 saturated heterocycles. The fraction of sp³-hybridized carbons (Fsp3) is 0.684. The van der Waals surface area contributed by atoms with E-state index in [0.717, 1.165) is 37.8 Å². The molecule has 2 fully saturated rings. The van der Waals surface area contributed by atoms with Gasteiger partial charge in [-0.25, -0.2) is 4.79 Å². The van der Waals surface area contributed by atoms with E-state index in [1.165, 1.54) is 0 Å². The molecular formula is C19H27F3N2O6. The van der Waals surface area contributed by atoms with Gasteiger partial charge in [-0.3, -0.25) is 9.69 Å². The zero-order valence-corrected chi connectivity index (χ0v) is 17.2. The van der Waals surface area contributed by atoms with E-state index in [1.54, 1.807) is 19.0 Å². The van der Waals surface area contributed by atoms with Gasteiger partial charge in [0, 0.05) is 38.5 Å². The van der Waals surface area contributed by atoms with Crippen molar-refractivity contribution in [3.63, 3.8) is 0 Å². The quantitative estimate of drug-likeness (QED) is 0.727. The largest absolute Gasteiger partial charge is 0.490 e. The van der Waals surface area contributed by atoms with Crippen molar-refractivity contribution in [2.75, 3.05) is 53.6 Å². The fourth-order valence-electron chi connectivity index (χ4n) is 3.53. The number of alkyl halides is 3. The maximum Gasteiger partial charge on any atom is 0.490 e. The van der Waals surface area contributed by atoms with Gasteiger partial charge in [-0.05, 0) is 19.1 Å². The van der Waals surface area contributed by atoms with E-state index in [2.05, 4.69) is 4.90 Å². The van der Waals surface area contributed by atoms with Crippen LogP contribution in [0.4, 0.5) is 13.2 Å². The molecule has 0 spiro atoms. The molecular weight excluding hydrogens is 409 g/mol. The van der Waals surface area contributed by atoms with Crippen LogP contribution in [0.2, 0.25) is 0 Å². The first-order valence-corrected chi connectivity index (χ1v) is 9.36. The molecule has 1 aromatic heterocycles. The van der Waals surface area contributed by atoms with Crippen LogP contribution in [-0.4, -0.2) is 86.6 Å². The molecule has 1 aromatic rings. The van der Waals surface area contributed by atoms with E-state index in [0.29, 0.717) is 19.1 Å². The van der Waals surface area contributed by atoms with Crippen LogP contribution in [-0.2, 0) is 25.6 Å². The maximum absolute atomic E-state index is 11.7. The molecule has 3 heterocycles. The summed E-state index contributed by atoms with van der Waals surface area (Å²) in [7, 11) is 3.49. The minimum atomic E-state index is -5.08. The van der Waals surface area contributed by atoms with Gasteiger partial charge in [0.25, 0.3) is 0 Å². The van der Waals surface area contributed by atoms with E-state index in [4.69, 9.17) is 23.8 Å². The molecule has 0 unspecified atom stereocenters. The van der Waals surface area contributed by atoms with Gasteiger partial charge < -0.3 is 23.9 Å². The number of carboxylic acid groups (broad SMARTS) is 1. The fourth-order valence-corrected chi connectivity index (χ4v) is 3.53. The van der Waals surface area contributed by atoms with Crippen LogP contribution in [0.15, 0.2) is 16.5 Å². The number of rotatable bonds is 6. The Labute approximate surface area is 172 Å². The zero-order chi connectivity index (χ0) is 22.5. The lowest BCUT2D eigenvalue weighted by Crippen LogP contribution is -2.37. The SMILES string of the molecule is Cc1ccc(CN2C[C@@H]3COC[C@]3(COCC(=O)N(C)C)C2)o1.O=C(O)C(F)(F)F. The highest BCUT2D eigenvalue weighted by atomic mass is 19.4. The number of carboxylic acids is 1. The average Bonchev–Trinajstić information content (AvgIpc) is 3.29. The summed E-state index contributed by atoms with van der Waals surface area (Å²) in [5.41, 5.74) is 0.00817. The summed E-state index contributed by atoms with van der Waals surface area (Å²) in [6.07, 6.45) is -5.08. The number of hydrogen-bond acceptors (Lipinski definition) is 6. The molecule has 8 nitrogen and oxygen atoms in total. The van der Waals surface area contributed by atoms with Crippen LogP contribution in [0.1, 0.15) is 11.5 Å². The molecule has 2 aliphatic heterocycles. The Kier molecular flexibility index (Phi) is 7.89. The van der Waals surface area contributed by atoms with Gasteiger partial charge in [0.05, 0.1) is 26.4 Å². The van der Waals surface area contributed by atoms with Gasteiger partial charge in [-0.15, -0.1) is 0 Å². The first-order chi connectivity index (χ1) is 13.9. The molecule has 170 valence electrons. The number of aryl methyl sites for hydroxylation is 1. The van der Waals surface area contributed by atoms with Crippen molar-refractivity contribution in [2.24, 2.45) is 11.3 Å². The highest BCUT2D eigenvalue weighted by Gasteiger charge is 2.50. The normalized spacial score (nSPS) is 23.6. The lowest BCUT2D eigenvalue weighted by Gasteiger charge is -2.27. The summed E-state index contributed by atoms with van der Waals surface area (Å²) in [5, 5.41) is 7.12. The average molecular weight is 436 g/mol. The first-order valence-electron chi connectivity index (χ1n) is 9.36. The second-order valence-electron chi connectivity index (χ2n) is 7.84. The van der Waals surface area contributed by atoms with Gasteiger partial charge in [0.1, 0.15) is 18.1 Å². The van der Waals surface area contributed by atoms with E-state index in [-0.39, 0.29) is 17.9 Å². The van der Waals surface area contributed by atoms with Gasteiger partial charge >= 0.3 is 12.1 Å². The van der Waals surface area contributed by atoms with Crippen LogP contribution < -0.4 is 0 Å². The molecule has 30 heavy (non-hydrogen) atoms. The van der Waals surface area contributed by atoms with Crippen LogP contribution in [0.25, 0.3) is 0 Å². The summed E-state index contributed by atoms with van der Waals surface area (Å²) in [6, 6.07) is 4.04. The van der Waals surface area contributed by atoms with Crippen LogP contribution in [0, 0.1) is 18.3 Å². The number of aliphatic carboxylic acids is 1. The number of likely N-dealkylation sites (N-methyl/N-ethyl adjacent to an activating group) is 1. The Hall–Kier alpha value is -2.11. The summed E-state index contributed by atoms with van der Waals surface area (Å²) < 4.78 is 48.8. The van der Waals surface area contributed by atoms with Gasteiger partial charge in [0.2, 0.25) is 5.91 Å². The number of carbonyl (C=O) groups is 2. The molecule has 0 saturated carbocycles. The monoisotopic (exact) mass is 436 g/mol. The number of furan rings is 1. The summed E-state index contributed by atoms with van der Waals surface area (Å²) >= 11 is 0. The second kappa shape index (κ2) is 9.80. The molecule has 3 rings (SSSR count). The Morgan fingerprint density at radius 2 is 2.03 bits per heavy atom. The molecule has 0 aromatic carbocycles. The maximum atomic E-state index is 11.7. The Morgan fingerprint density at radius 1 is 1.37 bits per heavy atom. The number of hydrogen-bond donors (Lipinski definition) is 1. The first kappa shape index (κ1) is 24.2. The third kappa shape index (κ3) is 6.44. The summed E-state index contributed by atoms with van der Waals surface area (Å²) in [4.78, 5) is 24.5. The molecule has 1 N–H and O–H groups in total. The predicted octanol–water partition coefficient (Wildman–Crippen LogP) is 1.77. The number of carbonyl (C=O) groups excluding carboxylic acids is 1. The van der Waals surface area contributed by atoms with Crippen molar-refractivity contribution in [1.82, 2.24) is 9.80 Å². The van der Waals surface area contributed by atoms with Gasteiger partial charge in [-0.2, -0.15) is 13.2 Å². The lowest BCUT2D eigenvalue weighted by molar-refractivity contribution is -0.192. The van der Waals surface area contributed by atoms with Crippen LogP contribution in [0.5, 0.6) is 0 Å². The Balaban J connectivity index is 0.000000396. The molecule has 2 aliphatic rings. The van der Waals surface area contributed by atoms with E-state index in [9.17, 15) is 18.0 Å². The van der Waals surface area contributed by atoms with Crippen molar-refractivity contribution in [3.05, 3.63) is 23.7 Å². The number of ether oxygens (including phenoxy) is 2. The number of fused-ring (bicyclic) bond motifs is 1. The third-order valence-electron chi connectivity index (χ3n) is 5.12. The van der Waals surface area contributed by atoms with Crippen molar-refractivity contribution in [2.45, 2.75) is 19.6 Å². The molecule has 0 aliphatic carbocycles.